The highest BCUT2D eigenvalue weighted by atomic mass is 79.9. The summed E-state index contributed by atoms with van der Waals surface area (Å²) in [6.45, 7) is 0. The van der Waals surface area contributed by atoms with Crippen molar-refractivity contribution in [1.29, 1.82) is 0 Å². The maximum absolute atomic E-state index is 10.8. The Bertz CT molecular complexity index is 376. The average Bonchev–Trinajstić information content (AvgIpc) is 2.91. The number of pyridine rings is 1. The fourth-order valence-electron chi connectivity index (χ4n) is 1.04. The highest BCUT2D eigenvalue weighted by Crippen LogP contribution is 2.29. The smallest absolute Gasteiger partial charge is 0.358 e. The molecule has 1 aromatic rings. The second kappa shape index (κ2) is 3.57. The van der Waals surface area contributed by atoms with Gasteiger partial charge in [-0.05, 0) is 40.9 Å². The second-order valence-corrected chi connectivity index (χ2v) is 3.92. The molecule has 0 aliphatic heterocycles. The van der Waals surface area contributed by atoms with Crippen molar-refractivity contribution < 1.29 is 14.6 Å². The van der Waals surface area contributed by atoms with Crippen molar-refractivity contribution in [2.45, 2.75) is 18.9 Å². The van der Waals surface area contributed by atoms with Crippen LogP contribution in [0.15, 0.2) is 16.7 Å². The topological polar surface area (TPSA) is 59.4 Å². The molecule has 0 amide bonds. The SMILES string of the molecule is O=C(O)c1nc(Br)ccc1OC1CC1. The van der Waals surface area contributed by atoms with Gasteiger partial charge >= 0.3 is 5.97 Å². The summed E-state index contributed by atoms with van der Waals surface area (Å²) in [7, 11) is 0. The van der Waals surface area contributed by atoms with E-state index < -0.39 is 5.97 Å². The molecular formula is C9H8BrNO3. The van der Waals surface area contributed by atoms with Gasteiger partial charge in [0.05, 0.1) is 6.10 Å². The van der Waals surface area contributed by atoms with Crippen LogP contribution in [0.1, 0.15) is 23.3 Å². The van der Waals surface area contributed by atoms with Gasteiger partial charge in [0.25, 0.3) is 0 Å². The van der Waals surface area contributed by atoms with Gasteiger partial charge in [0.1, 0.15) is 4.60 Å². The molecule has 4 nitrogen and oxygen atoms in total. The Labute approximate surface area is 89.0 Å². The number of carbonyl (C=O) groups is 1. The Hall–Kier alpha value is -1.10. The number of hydrogen-bond acceptors (Lipinski definition) is 3. The van der Waals surface area contributed by atoms with Gasteiger partial charge in [-0.2, -0.15) is 0 Å². The fraction of sp³-hybridized carbons (Fsp3) is 0.333. The first-order chi connectivity index (χ1) is 6.66. The third-order valence-electron chi connectivity index (χ3n) is 1.84. The lowest BCUT2D eigenvalue weighted by atomic mass is 10.3. The van der Waals surface area contributed by atoms with E-state index in [9.17, 15) is 4.79 Å². The summed E-state index contributed by atoms with van der Waals surface area (Å²) in [4.78, 5) is 14.7. The van der Waals surface area contributed by atoms with E-state index in [2.05, 4.69) is 20.9 Å². The number of carboxylic acids is 1. The van der Waals surface area contributed by atoms with E-state index >= 15 is 0 Å². The van der Waals surface area contributed by atoms with Crippen LogP contribution < -0.4 is 4.74 Å². The van der Waals surface area contributed by atoms with Crippen molar-refractivity contribution >= 4 is 21.9 Å². The molecule has 1 fully saturated rings. The molecule has 1 aromatic heterocycles. The molecule has 74 valence electrons. The standard InChI is InChI=1S/C9H8BrNO3/c10-7-4-3-6(14-5-1-2-5)8(11-7)9(12)13/h3-5H,1-2H2,(H,12,13). The van der Waals surface area contributed by atoms with E-state index in [4.69, 9.17) is 9.84 Å². The number of nitrogens with zero attached hydrogens (tertiary/aromatic N) is 1. The molecule has 14 heavy (non-hydrogen) atoms. The molecule has 1 aliphatic carbocycles. The predicted molar refractivity (Wildman–Crippen MR) is 52.5 cm³/mol. The van der Waals surface area contributed by atoms with Crippen molar-refractivity contribution in [2.24, 2.45) is 0 Å². The molecule has 0 atom stereocenters. The molecule has 0 radical (unpaired) electrons. The van der Waals surface area contributed by atoms with Crippen LogP contribution in [-0.4, -0.2) is 22.2 Å². The molecule has 1 N–H and O–H groups in total. The summed E-state index contributed by atoms with van der Waals surface area (Å²) in [5.41, 5.74) is -0.0359. The number of rotatable bonds is 3. The van der Waals surface area contributed by atoms with Crippen LogP contribution in [0, 0.1) is 0 Å². The second-order valence-electron chi connectivity index (χ2n) is 3.10. The van der Waals surface area contributed by atoms with E-state index in [1.54, 1.807) is 12.1 Å². The molecule has 5 heteroatoms. The number of aromatic nitrogens is 1. The largest absolute Gasteiger partial charge is 0.488 e. The van der Waals surface area contributed by atoms with Crippen LogP contribution in [-0.2, 0) is 0 Å². The lowest BCUT2D eigenvalue weighted by molar-refractivity contribution is 0.0684. The van der Waals surface area contributed by atoms with Gasteiger partial charge in [0.2, 0.25) is 0 Å². The zero-order valence-corrected chi connectivity index (χ0v) is 8.82. The fourth-order valence-corrected chi connectivity index (χ4v) is 1.35. The Balaban J connectivity index is 2.31. The summed E-state index contributed by atoms with van der Waals surface area (Å²) in [6.07, 6.45) is 2.17. The van der Waals surface area contributed by atoms with Crippen LogP contribution in [0.3, 0.4) is 0 Å². The number of carboxylic acid groups (broad SMARTS) is 1. The number of hydrogen-bond donors (Lipinski definition) is 1. The quantitative estimate of drug-likeness (QED) is 0.843. The number of aromatic carboxylic acids is 1. The first kappa shape index (κ1) is 9.45. The summed E-state index contributed by atoms with van der Waals surface area (Å²) in [5, 5.41) is 8.86. The lowest BCUT2D eigenvalue weighted by Gasteiger charge is -2.06. The van der Waals surface area contributed by atoms with Gasteiger partial charge in [-0.3, -0.25) is 0 Å². The molecular weight excluding hydrogens is 250 g/mol. The molecule has 2 rings (SSSR count). The average molecular weight is 258 g/mol. The van der Waals surface area contributed by atoms with Crippen LogP contribution in [0.2, 0.25) is 0 Å². The molecule has 1 heterocycles. The third kappa shape index (κ3) is 2.04. The predicted octanol–water partition coefficient (Wildman–Crippen LogP) is 2.08. The minimum Gasteiger partial charge on any atom is -0.488 e. The minimum atomic E-state index is -1.07. The van der Waals surface area contributed by atoms with E-state index in [0.717, 1.165) is 12.8 Å². The minimum absolute atomic E-state index is 0.0359. The molecule has 1 aliphatic rings. The Morgan fingerprint density at radius 2 is 2.29 bits per heavy atom. The van der Waals surface area contributed by atoms with Gasteiger partial charge in [-0.15, -0.1) is 0 Å². The summed E-state index contributed by atoms with van der Waals surface area (Å²) in [5.74, 6) is -0.717. The summed E-state index contributed by atoms with van der Waals surface area (Å²) < 4.78 is 5.91. The van der Waals surface area contributed by atoms with Crippen molar-refractivity contribution in [3.63, 3.8) is 0 Å². The number of ether oxygens (including phenoxy) is 1. The Kier molecular flexibility index (Phi) is 2.41. The maximum Gasteiger partial charge on any atom is 0.358 e. The monoisotopic (exact) mass is 257 g/mol. The molecule has 1 saturated carbocycles. The zero-order valence-electron chi connectivity index (χ0n) is 7.24. The van der Waals surface area contributed by atoms with Crippen LogP contribution in [0.25, 0.3) is 0 Å². The molecule has 0 aromatic carbocycles. The van der Waals surface area contributed by atoms with Crippen LogP contribution in [0.5, 0.6) is 5.75 Å². The zero-order chi connectivity index (χ0) is 10.1. The van der Waals surface area contributed by atoms with E-state index in [-0.39, 0.29) is 11.8 Å². The van der Waals surface area contributed by atoms with Gasteiger partial charge in [-0.1, -0.05) is 0 Å². The van der Waals surface area contributed by atoms with Gasteiger partial charge in [0, 0.05) is 0 Å². The van der Waals surface area contributed by atoms with Crippen molar-refractivity contribution in [1.82, 2.24) is 4.98 Å². The normalized spacial score (nSPS) is 15.2. The molecule has 0 unspecified atom stereocenters. The molecule has 0 bridgehead atoms. The summed E-state index contributed by atoms with van der Waals surface area (Å²) in [6, 6.07) is 3.29. The summed E-state index contributed by atoms with van der Waals surface area (Å²) >= 11 is 3.12. The third-order valence-corrected chi connectivity index (χ3v) is 2.29. The van der Waals surface area contributed by atoms with E-state index in [1.165, 1.54) is 0 Å². The Morgan fingerprint density at radius 1 is 1.57 bits per heavy atom. The first-order valence-electron chi connectivity index (χ1n) is 4.23. The van der Waals surface area contributed by atoms with Gasteiger partial charge < -0.3 is 9.84 Å². The Morgan fingerprint density at radius 3 is 2.86 bits per heavy atom. The van der Waals surface area contributed by atoms with Gasteiger partial charge in [0.15, 0.2) is 11.4 Å². The molecule has 0 spiro atoms. The van der Waals surface area contributed by atoms with Crippen LogP contribution in [0.4, 0.5) is 0 Å². The highest BCUT2D eigenvalue weighted by Gasteiger charge is 2.26. The van der Waals surface area contributed by atoms with Gasteiger partial charge in [-0.25, -0.2) is 9.78 Å². The maximum atomic E-state index is 10.8. The van der Waals surface area contributed by atoms with Crippen LogP contribution >= 0.6 is 15.9 Å². The molecule has 0 saturated heterocycles. The number of halogens is 1. The van der Waals surface area contributed by atoms with Crippen molar-refractivity contribution in [2.75, 3.05) is 0 Å². The van der Waals surface area contributed by atoms with Crippen molar-refractivity contribution in [3.8, 4) is 5.75 Å². The first-order valence-corrected chi connectivity index (χ1v) is 5.02. The van der Waals surface area contributed by atoms with Crippen molar-refractivity contribution in [3.05, 3.63) is 22.4 Å². The highest BCUT2D eigenvalue weighted by molar-refractivity contribution is 9.10. The van der Waals surface area contributed by atoms with E-state index in [1.807, 2.05) is 0 Å². The van der Waals surface area contributed by atoms with E-state index in [0.29, 0.717) is 10.4 Å². The lowest BCUT2D eigenvalue weighted by Crippen LogP contribution is -2.07.